The number of benzene rings is 1. The van der Waals surface area contributed by atoms with Crippen LogP contribution < -0.4 is 0 Å². The minimum atomic E-state index is 0.325. The Morgan fingerprint density at radius 3 is 2.29 bits per heavy atom. The monoisotopic (exact) mass is 370 g/mol. The van der Waals surface area contributed by atoms with Crippen LogP contribution >= 0.6 is 43.2 Å². The van der Waals surface area contributed by atoms with Gasteiger partial charge in [0.1, 0.15) is 0 Å². The zero-order valence-electron chi connectivity index (χ0n) is 9.20. The normalized spacial score (nSPS) is 18.9. The Morgan fingerprint density at radius 1 is 1.06 bits per heavy atom. The van der Waals surface area contributed by atoms with E-state index in [-0.39, 0.29) is 0 Å². The first kappa shape index (κ1) is 11.9. The van der Waals surface area contributed by atoms with E-state index in [0.717, 1.165) is 0 Å². The molecule has 17 heavy (non-hydrogen) atoms. The third kappa shape index (κ3) is 2.13. The van der Waals surface area contributed by atoms with Gasteiger partial charge in [0.2, 0.25) is 0 Å². The van der Waals surface area contributed by atoms with Gasteiger partial charge in [-0.05, 0) is 46.5 Å². The number of rotatable bonds is 3. The van der Waals surface area contributed by atoms with Crippen molar-refractivity contribution in [2.45, 2.75) is 23.1 Å². The van der Waals surface area contributed by atoms with Gasteiger partial charge in [0.15, 0.2) is 0 Å². The van der Waals surface area contributed by atoms with Crippen molar-refractivity contribution in [3.8, 4) is 0 Å². The molecule has 1 unspecified atom stereocenters. The molecule has 0 amide bonds. The highest BCUT2D eigenvalue weighted by atomic mass is 79.9. The Balaban J connectivity index is 1.94. The maximum atomic E-state index is 3.91. The third-order valence-electron chi connectivity index (χ3n) is 3.47. The van der Waals surface area contributed by atoms with Gasteiger partial charge in [-0.3, -0.25) is 0 Å². The van der Waals surface area contributed by atoms with E-state index in [4.69, 9.17) is 0 Å². The largest absolute Gasteiger partial charge is 0.132 e. The molecule has 1 aliphatic rings. The molecule has 3 rings (SSSR count). The van der Waals surface area contributed by atoms with Gasteiger partial charge >= 0.3 is 0 Å². The summed E-state index contributed by atoms with van der Waals surface area (Å²) in [6.45, 7) is 0. The molecule has 3 heteroatoms. The lowest BCUT2D eigenvalue weighted by Crippen LogP contribution is -2.12. The Hall–Kier alpha value is -0.120. The summed E-state index contributed by atoms with van der Waals surface area (Å²) < 4.78 is 1.21. The van der Waals surface area contributed by atoms with E-state index in [1.165, 1.54) is 27.1 Å². The van der Waals surface area contributed by atoms with Gasteiger partial charge in [0.05, 0.1) is 8.61 Å². The molecule has 0 radical (unpaired) electrons. The van der Waals surface area contributed by atoms with E-state index in [1.807, 2.05) is 11.3 Å². The van der Waals surface area contributed by atoms with Gasteiger partial charge in [-0.1, -0.05) is 46.3 Å². The lowest BCUT2D eigenvalue weighted by Gasteiger charge is -2.21. The summed E-state index contributed by atoms with van der Waals surface area (Å²) in [5.74, 6) is 0. The van der Waals surface area contributed by atoms with E-state index in [1.54, 1.807) is 0 Å². The molecular formula is C14H12Br2S. The predicted octanol–water partition coefficient (Wildman–Crippen LogP) is 5.68. The molecule has 2 aromatic rings. The van der Waals surface area contributed by atoms with Gasteiger partial charge in [0, 0.05) is 10.3 Å². The predicted molar refractivity (Wildman–Crippen MR) is 81.0 cm³/mol. The summed E-state index contributed by atoms with van der Waals surface area (Å²) in [5.41, 5.74) is 1.79. The summed E-state index contributed by atoms with van der Waals surface area (Å²) in [4.78, 5) is 1.85. The van der Waals surface area contributed by atoms with Crippen molar-refractivity contribution in [3.63, 3.8) is 0 Å². The molecule has 0 spiro atoms. The van der Waals surface area contributed by atoms with Crippen LogP contribution in [0.5, 0.6) is 0 Å². The first-order valence-corrected chi connectivity index (χ1v) is 8.20. The Morgan fingerprint density at radius 2 is 1.76 bits per heavy atom. The van der Waals surface area contributed by atoms with Crippen molar-refractivity contribution in [2.24, 2.45) is 0 Å². The topological polar surface area (TPSA) is 0 Å². The fourth-order valence-corrected chi connectivity index (χ4v) is 5.00. The van der Waals surface area contributed by atoms with Crippen molar-refractivity contribution in [1.29, 1.82) is 0 Å². The Kier molecular flexibility index (Phi) is 3.18. The van der Waals surface area contributed by atoms with Gasteiger partial charge < -0.3 is 0 Å². The molecule has 0 bridgehead atoms. The van der Waals surface area contributed by atoms with Crippen LogP contribution in [-0.4, -0.2) is 0 Å². The van der Waals surface area contributed by atoms with Crippen molar-refractivity contribution in [3.05, 3.63) is 56.7 Å². The van der Waals surface area contributed by atoms with Crippen LogP contribution in [0.25, 0.3) is 0 Å². The van der Waals surface area contributed by atoms with Gasteiger partial charge in [-0.2, -0.15) is 0 Å². The molecule has 0 saturated heterocycles. The average Bonchev–Trinajstić information content (AvgIpc) is 3.07. The number of halogens is 2. The minimum absolute atomic E-state index is 0.325. The summed E-state index contributed by atoms with van der Waals surface area (Å²) >= 11 is 9.28. The zero-order valence-corrected chi connectivity index (χ0v) is 13.2. The van der Waals surface area contributed by atoms with Gasteiger partial charge in [-0.15, -0.1) is 11.3 Å². The van der Waals surface area contributed by atoms with E-state index in [9.17, 15) is 0 Å². The van der Waals surface area contributed by atoms with E-state index >= 15 is 0 Å². The van der Waals surface area contributed by atoms with Crippen LogP contribution in [0.2, 0.25) is 0 Å². The summed E-state index contributed by atoms with van der Waals surface area (Å²) in [6, 6.07) is 15.2. The van der Waals surface area contributed by atoms with Crippen molar-refractivity contribution in [2.75, 3.05) is 0 Å². The van der Waals surface area contributed by atoms with Gasteiger partial charge in [-0.25, -0.2) is 0 Å². The molecule has 1 fully saturated rings. The molecule has 88 valence electrons. The first-order valence-electron chi connectivity index (χ1n) is 5.67. The van der Waals surface area contributed by atoms with E-state index in [2.05, 4.69) is 74.3 Å². The molecule has 0 nitrogen and oxygen atoms in total. The van der Waals surface area contributed by atoms with Gasteiger partial charge in [0.25, 0.3) is 0 Å². The van der Waals surface area contributed by atoms with Crippen molar-refractivity contribution >= 4 is 43.2 Å². The SMILES string of the molecule is Brc1ccc(C(Br)C2(c3ccccc3)CC2)s1. The third-order valence-corrected chi connectivity index (χ3v) is 6.83. The van der Waals surface area contributed by atoms with Crippen LogP contribution in [0.1, 0.15) is 28.1 Å². The zero-order chi connectivity index (χ0) is 11.9. The molecule has 1 aromatic heterocycles. The number of hydrogen-bond acceptors (Lipinski definition) is 1. The first-order chi connectivity index (χ1) is 8.22. The lowest BCUT2D eigenvalue weighted by molar-refractivity contribution is 0.689. The maximum absolute atomic E-state index is 3.91. The summed E-state index contributed by atoms with van der Waals surface area (Å²) in [7, 11) is 0. The van der Waals surface area contributed by atoms with Crippen LogP contribution in [-0.2, 0) is 5.41 Å². The summed E-state index contributed by atoms with van der Waals surface area (Å²) in [6.07, 6.45) is 2.56. The summed E-state index contributed by atoms with van der Waals surface area (Å²) in [5, 5.41) is 0. The van der Waals surface area contributed by atoms with Crippen LogP contribution in [0, 0.1) is 0 Å². The quantitative estimate of drug-likeness (QED) is 0.609. The van der Waals surface area contributed by atoms with Crippen LogP contribution in [0.3, 0.4) is 0 Å². The number of alkyl halides is 1. The molecule has 1 heterocycles. The highest BCUT2D eigenvalue weighted by Crippen LogP contribution is 2.60. The smallest absolute Gasteiger partial charge is 0.0701 e. The number of hydrogen-bond donors (Lipinski definition) is 0. The van der Waals surface area contributed by atoms with Crippen molar-refractivity contribution < 1.29 is 0 Å². The highest BCUT2D eigenvalue weighted by molar-refractivity contribution is 9.11. The fraction of sp³-hybridized carbons (Fsp3) is 0.286. The molecular weight excluding hydrogens is 360 g/mol. The fourth-order valence-electron chi connectivity index (χ4n) is 2.33. The highest BCUT2D eigenvalue weighted by Gasteiger charge is 2.50. The van der Waals surface area contributed by atoms with E-state index < -0.39 is 0 Å². The Labute approximate surface area is 122 Å². The maximum Gasteiger partial charge on any atom is 0.0701 e. The Bertz CT molecular complexity index is 514. The second-order valence-corrected chi connectivity index (χ2v) is 7.94. The lowest BCUT2D eigenvalue weighted by atomic mass is 9.92. The van der Waals surface area contributed by atoms with E-state index in [0.29, 0.717) is 10.2 Å². The molecule has 0 N–H and O–H groups in total. The molecule has 1 atom stereocenters. The van der Waals surface area contributed by atoms with Crippen LogP contribution in [0.4, 0.5) is 0 Å². The van der Waals surface area contributed by atoms with Crippen LogP contribution in [0.15, 0.2) is 46.3 Å². The minimum Gasteiger partial charge on any atom is -0.132 e. The second kappa shape index (κ2) is 4.52. The van der Waals surface area contributed by atoms with Crippen molar-refractivity contribution in [1.82, 2.24) is 0 Å². The number of thiophene rings is 1. The molecule has 0 aliphatic heterocycles. The second-order valence-electron chi connectivity index (χ2n) is 4.53. The standard InChI is InChI=1S/C14H12Br2S/c15-12-7-6-11(17-12)13(16)14(8-9-14)10-4-2-1-3-5-10/h1-7,13H,8-9H2. The average molecular weight is 372 g/mol. The molecule has 1 aliphatic carbocycles. The molecule has 1 aromatic carbocycles. The molecule has 1 saturated carbocycles.